The van der Waals surface area contributed by atoms with Gasteiger partial charge in [-0.2, -0.15) is 0 Å². The Kier molecular flexibility index (Phi) is 4.83. The number of aromatic hydroxyl groups is 1. The van der Waals surface area contributed by atoms with Crippen molar-refractivity contribution in [2.75, 3.05) is 21.3 Å². The number of ether oxygens (including phenoxy) is 3. The van der Waals surface area contributed by atoms with Gasteiger partial charge in [-0.15, -0.1) is 0 Å². The number of phenols is 1. The van der Waals surface area contributed by atoms with Crippen LogP contribution in [0.1, 0.15) is 25.5 Å². The number of phenolic OH excluding ortho intramolecular Hbond substituents is 1. The van der Waals surface area contributed by atoms with Gasteiger partial charge < -0.3 is 25.1 Å². The van der Waals surface area contributed by atoms with Crippen molar-refractivity contribution in [3.8, 4) is 17.2 Å². The standard InChI is InChI=1S/C14H21NO5/c1-14(2,13(17)20-5)12(15)8-6-9(18-3)11(16)10(7-8)19-4/h6-7,12,16H,15H2,1-5H3/t12-/m1/s1. The van der Waals surface area contributed by atoms with Crippen LogP contribution in [0.3, 0.4) is 0 Å². The molecule has 0 heterocycles. The van der Waals surface area contributed by atoms with E-state index in [0.29, 0.717) is 5.56 Å². The average molecular weight is 283 g/mol. The zero-order valence-electron chi connectivity index (χ0n) is 12.4. The molecule has 6 nitrogen and oxygen atoms in total. The summed E-state index contributed by atoms with van der Waals surface area (Å²) in [5.41, 5.74) is 5.83. The third kappa shape index (κ3) is 2.80. The van der Waals surface area contributed by atoms with Gasteiger partial charge in [0.25, 0.3) is 0 Å². The van der Waals surface area contributed by atoms with Crippen LogP contribution in [0.25, 0.3) is 0 Å². The molecule has 0 saturated heterocycles. The van der Waals surface area contributed by atoms with E-state index < -0.39 is 17.4 Å². The number of hydrogen-bond acceptors (Lipinski definition) is 6. The molecule has 0 bridgehead atoms. The van der Waals surface area contributed by atoms with Crippen molar-refractivity contribution < 1.29 is 24.1 Å². The molecule has 0 aliphatic carbocycles. The Morgan fingerprint density at radius 1 is 1.20 bits per heavy atom. The first kappa shape index (κ1) is 16.1. The third-order valence-electron chi connectivity index (χ3n) is 3.35. The van der Waals surface area contributed by atoms with E-state index in [4.69, 9.17) is 19.9 Å². The fraction of sp³-hybridized carbons (Fsp3) is 0.500. The number of benzene rings is 1. The molecule has 0 fully saturated rings. The van der Waals surface area contributed by atoms with E-state index in [1.54, 1.807) is 26.0 Å². The van der Waals surface area contributed by atoms with Crippen LogP contribution in [0.2, 0.25) is 0 Å². The largest absolute Gasteiger partial charge is 0.502 e. The maximum atomic E-state index is 11.8. The molecule has 1 rings (SSSR count). The molecule has 0 aliphatic heterocycles. The van der Waals surface area contributed by atoms with E-state index in [1.807, 2.05) is 0 Å². The number of rotatable bonds is 5. The van der Waals surface area contributed by atoms with Gasteiger partial charge in [0.15, 0.2) is 11.5 Å². The minimum Gasteiger partial charge on any atom is -0.502 e. The summed E-state index contributed by atoms with van der Waals surface area (Å²) in [7, 11) is 4.17. The Labute approximate surface area is 118 Å². The molecule has 6 heteroatoms. The fourth-order valence-electron chi connectivity index (χ4n) is 1.90. The number of methoxy groups -OCH3 is 3. The first-order valence-corrected chi connectivity index (χ1v) is 6.08. The molecule has 112 valence electrons. The van der Waals surface area contributed by atoms with Gasteiger partial charge in [-0.3, -0.25) is 4.79 Å². The van der Waals surface area contributed by atoms with E-state index in [9.17, 15) is 9.90 Å². The Hall–Kier alpha value is -1.95. The van der Waals surface area contributed by atoms with Crippen molar-refractivity contribution in [1.29, 1.82) is 0 Å². The molecule has 0 unspecified atom stereocenters. The van der Waals surface area contributed by atoms with Crippen molar-refractivity contribution in [3.63, 3.8) is 0 Å². The van der Waals surface area contributed by atoms with Crippen LogP contribution in [0.15, 0.2) is 12.1 Å². The minimum atomic E-state index is -0.929. The fourth-order valence-corrected chi connectivity index (χ4v) is 1.90. The van der Waals surface area contributed by atoms with Crippen molar-refractivity contribution in [1.82, 2.24) is 0 Å². The zero-order chi connectivity index (χ0) is 15.5. The van der Waals surface area contributed by atoms with E-state index in [0.717, 1.165) is 0 Å². The molecule has 0 spiro atoms. The molecular formula is C14H21NO5. The van der Waals surface area contributed by atoms with Gasteiger partial charge in [-0.1, -0.05) is 0 Å². The summed E-state index contributed by atoms with van der Waals surface area (Å²) in [6, 6.07) is 2.51. The molecular weight excluding hydrogens is 262 g/mol. The van der Waals surface area contributed by atoms with Crippen LogP contribution in [-0.4, -0.2) is 32.4 Å². The van der Waals surface area contributed by atoms with Crippen LogP contribution >= 0.6 is 0 Å². The Morgan fingerprint density at radius 3 is 2.00 bits per heavy atom. The molecule has 1 aromatic carbocycles. The van der Waals surface area contributed by atoms with E-state index in [2.05, 4.69) is 0 Å². The first-order valence-electron chi connectivity index (χ1n) is 6.08. The maximum absolute atomic E-state index is 11.8. The van der Waals surface area contributed by atoms with Crippen LogP contribution in [0.5, 0.6) is 17.2 Å². The van der Waals surface area contributed by atoms with Crippen molar-refractivity contribution >= 4 is 5.97 Å². The topological polar surface area (TPSA) is 91.0 Å². The summed E-state index contributed by atoms with van der Waals surface area (Å²) in [6.45, 7) is 3.38. The summed E-state index contributed by atoms with van der Waals surface area (Å²) >= 11 is 0. The third-order valence-corrected chi connectivity index (χ3v) is 3.35. The lowest BCUT2D eigenvalue weighted by molar-refractivity contribution is -0.152. The van der Waals surface area contributed by atoms with Gasteiger partial charge in [0.1, 0.15) is 0 Å². The summed E-state index contributed by atoms with van der Waals surface area (Å²) in [5.74, 6) is -0.0660. The highest BCUT2D eigenvalue weighted by Crippen LogP contribution is 2.41. The summed E-state index contributed by atoms with van der Waals surface area (Å²) < 4.78 is 14.9. The zero-order valence-corrected chi connectivity index (χ0v) is 12.4. The molecule has 0 saturated carbocycles. The lowest BCUT2D eigenvalue weighted by Gasteiger charge is -2.29. The molecule has 1 aromatic rings. The number of esters is 1. The number of carbonyl (C=O) groups is 1. The molecule has 1 atom stereocenters. The quantitative estimate of drug-likeness (QED) is 0.798. The summed E-state index contributed by atoms with van der Waals surface area (Å²) in [5, 5.41) is 9.87. The summed E-state index contributed by atoms with van der Waals surface area (Å²) in [4.78, 5) is 11.8. The second kappa shape index (κ2) is 6.00. The van der Waals surface area contributed by atoms with Crippen LogP contribution < -0.4 is 15.2 Å². The molecule has 3 N–H and O–H groups in total. The van der Waals surface area contributed by atoms with Gasteiger partial charge in [0.2, 0.25) is 5.75 Å². The SMILES string of the molecule is COC(=O)C(C)(C)[C@H](N)c1cc(OC)c(O)c(OC)c1. The number of nitrogens with two attached hydrogens (primary N) is 1. The van der Waals surface area contributed by atoms with Gasteiger partial charge in [-0.25, -0.2) is 0 Å². The summed E-state index contributed by atoms with van der Waals surface area (Å²) in [6.07, 6.45) is 0. The highest BCUT2D eigenvalue weighted by molar-refractivity contribution is 5.77. The highest BCUT2D eigenvalue weighted by atomic mass is 16.5. The lowest BCUT2D eigenvalue weighted by atomic mass is 9.81. The molecule has 0 radical (unpaired) electrons. The number of hydrogen-bond donors (Lipinski definition) is 2. The van der Waals surface area contributed by atoms with Gasteiger partial charge >= 0.3 is 5.97 Å². The lowest BCUT2D eigenvalue weighted by Crippen LogP contribution is -2.37. The van der Waals surface area contributed by atoms with E-state index >= 15 is 0 Å². The monoisotopic (exact) mass is 283 g/mol. The smallest absolute Gasteiger partial charge is 0.313 e. The van der Waals surface area contributed by atoms with Gasteiger partial charge in [0.05, 0.1) is 26.7 Å². The van der Waals surface area contributed by atoms with Crippen LogP contribution in [-0.2, 0) is 9.53 Å². The Balaban J connectivity index is 3.29. The van der Waals surface area contributed by atoms with Gasteiger partial charge in [-0.05, 0) is 31.5 Å². The molecule has 0 aliphatic rings. The predicted molar refractivity (Wildman–Crippen MR) is 73.9 cm³/mol. The van der Waals surface area contributed by atoms with E-state index in [-0.39, 0.29) is 17.2 Å². The maximum Gasteiger partial charge on any atom is 0.313 e. The molecule has 0 amide bonds. The minimum absolute atomic E-state index is 0.109. The second-order valence-corrected chi connectivity index (χ2v) is 4.96. The average Bonchev–Trinajstić information content (AvgIpc) is 2.45. The van der Waals surface area contributed by atoms with Crippen LogP contribution in [0.4, 0.5) is 0 Å². The predicted octanol–water partition coefficient (Wildman–Crippen LogP) is 1.61. The van der Waals surface area contributed by atoms with E-state index in [1.165, 1.54) is 21.3 Å². The van der Waals surface area contributed by atoms with Gasteiger partial charge in [0, 0.05) is 6.04 Å². The van der Waals surface area contributed by atoms with Crippen molar-refractivity contribution in [2.24, 2.45) is 11.1 Å². The van der Waals surface area contributed by atoms with Crippen molar-refractivity contribution in [3.05, 3.63) is 17.7 Å². The number of carbonyl (C=O) groups excluding carboxylic acids is 1. The molecule has 20 heavy (non-hydrogen) atoms. The molecule has 0 aromatic heterocycles. The Bertz CT molecular complexity index is 473. The Morgan fingerprint density at radius 2 is 1.65 bits per heavy atom. The second-order valence-electron chi connectivity index (χ2n) is 4.96. The van der Waals surface area contributed by atoms with Crippen LogP contribution in [0, 0.1) is 5.41 Å². The highest BCUT2D eigenvalue weighted by Gasteiger charge is 2.37. The first-order chi connectivity index (χ1) is 9.29. The normalized spacial score (nSPS) is 12.7. The van der Waals surface area contributed by atoms with Crippen molar-refractivity contribution in [2.45, 2.75) is 19.9 Å².